The van der Waals surface area contributed by atoms with Crippen LogP contribution in [0.25, 0.3) is 11.3 Å². The molecule has 26 heavy (non-hydrogen) atoms. The molecule has 1 aliphatic rings. The third-order valence-electron chi connectivity index (χ3n) is 4.55. The van der Waals surface area contributed by atoms with Crippen LogP contribution in [0.4, 0.5) is 0 Å². The third-order valence-corrected chi connectivity index (χ3v) is 5.24. The van der Waals surface area contributed by atoms with Gasteiger partial charge in [-0.1, -0.05) is 34.1 Å². The summed E-state index contributed by atoms with van der Waals surface area (Å²) in [5, 5.41) is 0. The molecule has 2 N–H and O–H groups in total. The lowest BCUT2D eigenvalue weighted by Gasteiger charge is -2.31. The Morgan fingerprint density at radius 3 is 2.62 bits per heavy atom. The van der Waals surface area contributed by atoms with Gasteiger partial charge in [0.15, 0.2) is 11.7 Å². The first-order chi connectivity index (χ1) is 11.7. The number of aryl methyl sites for hydroxylation is 1. The minimum atomic E-state index is 0. The summed E-state index contributed by atoms with van der Waals surface area (Å²) in [5.74, 6) is 2.05. The molecule has 0 spiro atoms. The van der Waals surface area contributed by atoms with E-state index < -0.39 is 0 Å². The zero-order valence-corrected chi connectivity index (χ0v) is 17.6. The zero-order valence-electron chi connectivity index (χ0n) is 14.4. The zero-order chi connectivity index (χ0) is 16.9. The normalized spacial score (nSPS) is 14.5. The number of nitrogens with two attached hydrogens (primary N) is 1. The molecule has 0 aliphatic carbocycles. The smallest absolute Gasteiger partial charge is 0.223 e. The number of carbonyl (C=O) groups is 1. The Balaban J connectivity index is 0.00000169. The molecule has 1 aliphatic heterocycles. The first kappa shape index (κ1) is 23.0. The van der Waals surface area contributed by atoms with Gasteiger partial charge in [0, 0.05) is 36.0 Å². The molecule has 1 fully saturated rings. The number of nitrogens with zero attached hydrogens (tertiary/aromatic N) is 2. The Morgan fingerprint density at radius 2 is 1.96 bits per heavy atom. The fourth-order valence-electron chi connectivity index (χ4n) is 3.00. The van der Waals surface area contributed by atoms with Gasteiger partial charge in [-0.2, -0.15) is 0 Å². The minimum absolute atomic E-state index is 0. The number of carbonyl (C=O) groups excluding carboxylic acids is 1. The highest BCUT2D eigenvalue weighted by Gasteiger charge is 2.22. The fraction of sp³-hybridized carbons (Fsp3) is 0.444. The number of piperidine rings is 1. The van der Waals surface area contributed by atoms with Gasteiger partial charge in [0.2, 0.25) is 5.91 Å². The van der Waals surface area contributed by atoms with Crippen LogP contribution in [0.3, 0.4) is 0 Å². The summed E-state index contributed by atoms with van der Waals surface area (Å²) in [6, 6.07) is 7.85. The van der Waals surface area contributed by atoms with Gasteiger partial charge in [-0.25, -0.2) is 4.98 Å². The molecule has 0 radical (unpaired) electrons. The van der Waals surface area contributed by atoms with Crippen LogP contribution in [-0.2, 0) is 11.2 Å². The van der Waals surface area contributed by atoms with E-state index in [1.807, 2.05) is 29.2 Å². The van der Waals surface area contributed by atoms with Crippen molar-refractivity contribution in [2.24, 2.45) is 11.7 Å². The highest BCUT2D eigenvalue weighted by molar-refractivity contribution is 9.10. The predicted molar refractivity (Wildman–Crippen MR) is 111 cm³/mol. The Bertz CT molecular complexity index is 703. The van der Waals surface area contributed by atoms with Crippen LogP contribution in [0, 0.1) is 5.92 Å². The molecule has 2 aromatic rings. The summed E-state index contributed by atoms with van der Waals surface area (Å²) < 4.78 is 6.76. The van der Waals surface area contributed by atoms with Gasteiger partial charge in [-0.15, -0.1) is 24.8 Å². The number of aromatic nitrogens is 1. The summed E-state index contributed by atoms with van der Waals surface area (Å²) in [6.07, 6.45) is 4.69. The largest absolute Gasteiger partial charge is 0.441 e. The summed E-state index contributed by atoms with van der Waals surface area (Å²) >= 11 is 3.51. The number of amides is 1. The van der Waals surface area contributed by atoms with E-state index in [1.54, 1.807) is 6.20 Å². The molecule has 0 bridgehead atoms. The second-order valence-corrected chi connectivity index (χ2v) is 7.01. The molecule has 0 unspecified atom stereocenters. The molecular formula is C18H24BrCl2N3O2. The highest BCUT2D eigenvalue weighted by atomic mass is 79.9. The van der Waals surface area contributed by atoms with Crippen molar-refractivity contribution in [3.63, 3.8) is 0 Å². The van der Waals surface area contributed by atoms with Crippen molar-refractivity contribution >= 4 is 46.7 Å². The molecule has 1 saturated heterocycles. The van der Waals surface area contributed by atoms with Crippen LogP contribution >= 0.6 is 40.7 Å². The van der Waals surface area contributed by atoms with Crippen LogP contribution in [0.1, 0.15) is 25.2 Å². The molecule has 2 heterocycles. The maximum Gasteiger partial charge on any atom is 0.223 e. The first-order valence-corrected chi connectivity index (χ1v) is 9.14. The molecule has 1 aromatic carbocycles. The molecule has 3 rings (SSSR count). The fourth-order valence-corrected chi connectivity index (χ4v) is 3.48. The van der Waals surface area contributed by atoms with E-state index in [0.29, 0.717) is 30.4 Å². The van der Waals surface area contributed by atoms with Crippen molar-refractivity contribution in [1.29, 1.82) is 0 Å². The van der Waals surface area contributed by atoms with E-state index in [4.69, 9.17) is 10.2 Å². The summed E-state index contributed by atoms with van der Waals surface area (Å²) in [4.78, 5) is 18.6. The first-order valence-electron chi connectivity index (χ1n) is 8.35. The Kier molecular flexibility index (Phi) is 9.64. The van der Waals surface area contributed by atoms with E-state index in [1.165, 1.54) is 0 Å². The van der Waals surface area contributed by atoms with Crippen molar-refractivity contribution in [3.05, 3.63) is 40.8 Å². The third kappa shape index (κ3) is 5.71. The maximum atomic E-state index is 12.3. The van der Waals surface area contributed by atoms with Crippen molar-refractivity contribution in [3.8, 4) is 11.3 Å². The van der Waals surface area contributed by atoms with E-state index >= 15 is 0 Å². The highest BCUT2D eigenvalue weighted by Crippen LogP contribution is 2.28. The molecule has 1 amide bonds. The standard InChI is InChI=1S/C18H22BrN3O2.2ClH/c19-15-4-2-1-3-14(15)16-12-21-17(24-16)5-6-18(23)22-9-7-13(11-20)8-10-22;;/h1-4,12-13H,5-11,20H2;2*1H. The minimum Gasteiger partial charge on any atom is -0.441 e. The molecular weight excluding hydrogens is 441 g/mol. The molecule has 144 valence electrons. The van der Waals surface area contributed by atoms with Gasteiger partial charge in [-0.05, 0) is 31.4 Å². The van der Waals surface area contributed by atoms with E-state index in [-0.39, 0.29) is 30.7 Å². The number of oxazole rings is 1. The maximum absolute atomic E-state index is 12.3. The second kappa shape index (κ2) is 10.9. The predicted octanol–water partition coefficient (Wildman–Crippen LogP) is 4.08. The van der Waals surface area contributed by atoms with Crippen molar-refractivity contribution in [1.82, 2.24) is 9.88 Å². The molecule has 5 nitrogen and oxygen atoms in total. The Labute approximate surface area is 174 Å². The van der Waals surface area contributed by atoms with Gasteiger partial charge < -0.3 is 15.1 Å². The molecule has 8 heteroatoms. The lowest BCUT2D eigenvalue weighted by Crippen LogP contribution is -2.40. The van der Waals surface area contributed by atoms with Gasteiger partial charge in [-0.3, -0.25) is 4.79 Å². The second-order valence-electron chi connectivity index (χ2n) is 6.16. The molecule has 1 aromatic heterocycles. The van der Waals surface area contributed by atoms with Crippen LogP contribution in [-0.4, -0.2) is 35.4 Å². The van der Waals surface area contributed by atoms with Gasteiger partial charge >= 0.3 is 0 Å². The van der Waals surface area contributed by atoms with E-state index in [0.717, 1.165) is 42.5 Å². The van der Waals surface area contributed by atoms with E-state index in [9.17, 15) is 4.79 Å². The van der Waals surface area contributed by atoms with Crippen LogP contribution in [0.5, 0.6) is 0 Å². The number of likely N-dealkylation sites (tertiary alicyclic amines) is 1. The number of benzene rings is 1. The summed E-state index contributed by atoms with van der Waals surface area (Å²) in [6.45, 7) is 2.35. The van der Waals surface area contributed by atoms with Crippen molar-refractivity contribution < 1.29 is 9.21 Å². The lowest BCUT2D eigenvalue weighted by atomic mass is 9.97. The lowest BCUT2D eigenvalue weighted by molar-refractivity contribution is -0.132. The van der Waals surface area contributed by atoms with E-state index in [2.05, 4.69) is 20.9 Å². The SMILES string of the molecule is Cl.Cl.NCC1CCN(C(=O)CCc2ncc(-c3ccccc3Br)o2)CC1. The number of rotatable bonds is 5. The topological polar surface area (TPSA) is 72.4 Å². The van der Waals surface area contributed by atoms with Crippen LogP contribution in [0.15, 0.2) is 39.4 Å². The number of hydrogen-bond acceptors (Lipinski definition) is 4. The summed E-state index contributed by atoms with van der Waals surface area (Å²) in [7, 11) is 0. The summed E-state index contributed by atoms with van der Waals surface area (Å²) in [5.41, 5.74) is 6.66. The monoisotopic (exact) mass is 463 g/mol. The van der Waals surface area contributed by atoms with Crippen molar-refractivity contribution in [2.45, 2.75) is 25.7 Å². The Hall–Kier alpha value is -1.08. The molecule has 0 atom stereocenters. The van der Waals surface area contributed by atoms with Gasteiger partial charge in [0.25, 0.3) is 0 Å². The Morgan fingerprint density at radius 1 is 1.27 bits per heavy atom. The molecule has 0 saturated carbocycles. The van der Waals surface area contributed by atoms with Crippen molar-refractivity contribution in [2.75, 3.05) is 19.6 Å². The quantitative estimate of drug-likeness (QED) is 0.723. The van der Waals surface area contributed by atoms with Crippen LogP contribution in [0.2, 0.25) is 0 Å². The average molecular weight is 465 g/mol. The number of hydrogen-bond donors (Lipinski definition) is 1. The van der Waals surface area contributed by atoms with Gasteiger partial charge in [0.05, 0.1) is 6.20 Å². The average Bonchev–Trinajstić information content (AvgIpc) is 3.09. The number of halogens is 3. The van der Waals surface area contributed by atoms with Crippen LogP contribution < -0.4 is 5.73 Å². The van der Waals surface area contributed by atoms with Gasteiger partial charge in [0.1, 0.15) is 0 Å².